The van der Waals surface area contributed by atoms with Crippen molar-refractivity contribution in [2.45, 2.75) is 25.3 Å². The second kappa shape index (κ2) is 5.91. The Morgan fingerprint density at radius 2 is 2.00 bits per heavy atom. The van der Waals surface area contributed by atoms with Crippen LogP contribution in [0.5, 0.6) is 0 Å². The summed E-state index contributed by atoms with van der Waals surface area (Å²) in [5.74, 6) is -0.202. The number of rotatable bonds is 4. The van der Waals surface area contributed by atoms with Crippen LogP contribution in [0, 0.1) is 0 Å². The average molecular weight is 342 g/mol. The van der Waals surface area contributed by atoms with Crippen LogP contribution in [0.25, 0.3) is 11.1 Å². The molecule has 2 aliphatic rings. The molecular weight excluding hydrogens is 326 g/mol. The maximum Gasteiger partial charge on any atom is 0.240 e. The molecular formula is C18H16ClN3O2. The van der Waals surface area contributed by atoms with E-state index in [1.54, 1.807) is 6.20 Å². The molecule has 5 nitrogen and oxygen atoms in total. The van der Waals surface area contributed by atoms with E-state index in [0.29, 0.717) is 5.02 Å². The molecule has 0 spiro atoms. The van der Waals surface area contributed by atoms with Gasteiger partial charge in [-0.15, -0.1) is 0 Å². The van der Waals surface area contributed by atoms with Crippen LogP contribution < -0.4 is 10.2 Å². The fourth-order valence-corrected chi connectivity index (χ4v) is 2.97. The van der Waals surface area contributed by atoms with E-state index in [1.807, 2.05) is 30.3 Å². The molecule has 1 aliphatic heterocycles. The summed E-state index contributed by atoms with van der Waals surface area (Å²) in [5.41, 5.74) is 3.31. The number of halogens is 1. The van der Waals surface area contributed by atoms with Crippen molar-refractivity contribution in [3.05, 3.63) is 47.2 Å². The number of hydrogen-bond donors (Lipinski definition) is 1. The summed E-state index contributed by atoms with van der Waals surface area (Å²) in [6.07, 6.45) is 4.05. The van der Waals surface area contributed by atoms with Gasteiger partial charge in [-0.1, -0.05) is 23.7 Å². The number of nitrogens with zero attached hydrogens (tertiary/aromatic N) is 2. The second-order valence-electron chi connectivity index (χ2n) is 6.20. The molecule has 24 heavy (non-hydrogen) atoms. The minimum Gasteiger partial charge on any atom is -0.352 e. The van der Waals surface area contributed by atoms with Crippen molar-refractivity contribution in [2.24, 2.45) is 0 Å². The molecule has 0 radical (unpaired) electrons. The van der Waals surface area contributed by atoms with E-state index in [2.05, 4.69) is 10.3 Å². The van der Waals surface area contributed by atoms with E-state index in [-0.39, 0.29) is 30.8 Å². The Kier molecular flexibility index (Phi) is 3.73. The van der Waals surface area contributed by atoms with E-state index in [0.717, 1.165) is 35.3 Å². The molecule has 1 saturated carbocycles. The smallest absolute Gasteiger partial charge is 0.240 e. The molecule has 1 fully saturated rings. The van der Waals surface area contributed by atoms with Crippen molar-refractivity contribution in [1.29, 1.82) is 0 Å². The summed E-state index contributed by atoms with van der Waals surface area (Å²) in [4.78, 5) is 30.2. The molecule has 1 aromatic carbocycles. The van der Waals surface area contributed by atoms with Crippen LogP contribution in [0.4, 0.5) is 5.69 Å². The lowest BCUT2D eigenvalue weighted by Gasteiger charge is -2.17. The minimum absolute atomic E-state index is 0.0497. The predicted molar refractivity (Wildman–Crippen MR) is 91.9 cm³/mol. The van der Waals surface area contributed by atoms with Gasteiger partial charge in [0.2, 0.25) is 11.8 Å². The zero-order chi connectivity index (χ0) is 16.7. The second-order valence-corrected chi connectivity index (χ2v) is 6.63. The van der Waals surface area contributed by atoms with Gasteiger partial charge in [-0.05, 0) is 36.6 Å². The number of benzene rings is 1. The van der Waals surface area contributed by atoms with Gasteiger partial charge in [-0.3, -0.25) is 14.6 Å². The fraction of sp³-hybridized carbons (Fsp3) is 0.278. The number of fused-ring (bicyclic) bond motifs is 1. The average Bonchev–Trinajstić information content (AvgIpc) is 3.32. The highest BCUT2D eigenvalue weighted by Gasteiger charge is 2.32. The van der Waals surface area contributed by atoms with E-state index in [9.17, 15) is 9.59 Å². The van der Waals surface area contributed by atoms with E-state index >= 15 is 0 Å². The Balaban J connectivity index is 1.60. The number of carbonyl (C=O) groups excluding carboxylic acids is 2. The molecule has 1 N–H and O–H groups in total. The Labute approximate surface area is 144 Å². The van der Waals surface area contributed by atoms with E-state index in [1.165, 1.54) is 4.90 Å². The summed E-state index contributed by atoms with van der Waals surface area (Å²) in [7, 11) is 0. The summed E-state index contributed by atoms with van der Waals surface area (Å²) >= 11 is 5.93. The first-order valence-electron chi connectivity index (χ1n) is 7.95. The SMILES string of the molecule is O=C(CN1C(=O)Cc2ncc(-c3ccc(Cl)cc3)cc21)NC1CC1. The summed E-state index contributed by atoms with van der Waals surface area (Å²) in [5, 5.41) is 3.58. The number of anilines is 1. The molecule has 1 aliphatic carbocycles. The quantitative estimate of drug-likeness (QED) is 0.929. The first kappa shape index (κ1) is 15.1. The van der Waals surface area contributed by atoms with Gasteiger partial charge in [-0.2, -0.15) is 0 Å². The Morgan fingerprint density at radius 1 is 1.25 bits per heavy atom. The monoisotopic (exact) mass is 341 g/mol. The van der Waals surface area contributed by atoms with Gasteiger partial charge in [0.1, 0.15) is 6.54 Å². The molecule has 2 amide bonds. The topological polar surface area (TPSA) is 62.3 Å². The number of pyridine rings is 1. The van der Waals surface area contributed by atoms with Crippen LogP contribution in [0.1, 0.15) is 18.5 Å². The Hall–Kier alpha value is -2.40. The molecule has 2 heterocycles. The highest BCUT2D eigenvalue weighted by atomic mass is 35.5. The van der Waals surface area contributed by atoms with Crippen molar-refractivity contribution in [3.63, 3.8) is 0 Å². The van der Waals surface area contributed by atoms with Crippen molar-refractivity contribution in [2.75, 3.05) is 11.4 Å². The molecule has 2 aromatic rings. The van der Waals surface area contributed by atoms with Crippen molar-refractivity contribution >= 4 is 29.1 Å². The van der Waals surface area contributed by atoms with Gasteiger partial charge in [-0.25, -0.2) is 0 Å². The van der Waals surface area contributed by atoms with Crippen LogP contribution >= 0.6 is 11.6 Å². The third-order valence-corrected chi connectivity index (χ3v) is 4.53. The van der Waals surface area contributed by atoms with Gasteiger partial charge in [0.15, 0.2) is 0 Å². The lowest BCUT2D eigenvalue weighted by Crippen LogP contribution is -2.39. The third kappa shape index (κ3) is 2.99. The molecule has 0 atom stereocenters. The van der Waals surface area contributed by atoms with Gasteiger partial charge in [0, 0.05) is 22.8 Å². The number of amides is 2. The summed E-state index contributed by atoms with van der Waals surface area (Å²) in [6.45, 7) is 0.0497. The standard InChI is InChI=1S/C18H16ClN3O2/c19-13-3-1-11(2-4-13)12-7-16-15(20-9-12)8-18(24)22(16)10-17(23)21-14-5-6-14/h1-4,7,9,14H,5-6,8,10H2,(H,21,23). The Morgan fingerprint density at radius 3 is 2.71 bits per heavy atom. The molecule has 0 unspecified atom stereocenters. The number of aromatic nitrogens is 1. The maximum atomic E-state index is 12.2. The molecule has 1 aromatic heterocycles. The van der Waals surface area contributed by atoms with Crippen LogP contribution in [-0.4, -0.2) is 29.4 Å². The number of carbonyl (C=O) groups is 2. The zero-order valence-corrected chi connectivity index (χ0v) is 13.7. The molecule has 0 bridgehead atoms. The Bertz CT molecular complexity index is 816. The third-order valence-electron chi connectivity index (χ3n) is 4.28. The maximum absolute atomic E-state index is 12.2. The van der Waals surface area contributed by atoms with E-state index < -0.39 is 0 Å². The van der Waals surface area contributed by atoms with Crippen LogP contribution in [0.2, 0.25) is 5.02 Å². The first-order chi connectivity index (χ1) is 11.6. The number of hydrogen-bond acceptors (Lipinski definition) is 3. The van der Waals surface area contributed by atoms with Crippen molar-refractivity contribution in [1.82, 2.24) is 10.3 Å². The molecule has 122 valence electrons. The highest BCUT2D eigenvalue weighted by molar-refractivity contribution is 6.30. The molecule has 0 saturated heterocycles. The summed E-state index contributed by atoms with van der Waals surface area (Å²) in [6, 6.07) is 9.65. The van der Waals surface area contributed by atoms with Gasteiger partial charge in [0.25, 0.3) is 0 Å². The highest BCUT2D eigenvalue weighted by Crippen LogP contribution is 2.32. The lowest BCUT2D eigenvalue weighted by molar-refractivity contribution is -0.123. The largest absolute Gasteiger partial charge is 0.352 e. The van der Waals surface area contributed by atoms with Crippen LogP contribution in [0.3, 0.4) is 0 Å². The van der Waals surface area contributed by atoms with Crippen LogP contribution in [-0.2, 0) is 16.0 Å². The van der Waals surface area contributed by atoms with Gasteiger partial charge in [0.05, 0.1) is 17.8 Å². The van der Waals surface area contributed by atoms with Crippen LogP contribution in [0.15, 0.2) is 36.5 Å². The predicted octanol–water partition coefficient (Wildman–Crippen LogP) is 2.57. The first-order valence-corrected chi connectivity index (χ1v) is 8.32. The van der Waals surface area contributed by atoms with Gasteiger partial charge < -0.3 is 10.2 Å². The molecule has 6 heteroatoms. The molecule has 4 rings (SSSR count). The van der Waals surface area contributed by atoms with E-state index in [4.69, 9.17) is 11.6 Å². The normalized spacial score (nSPS) is 16.2. The lowest BCUT2D eigenvalue weighted by atomic mass is 10.1. The van der Waals surface area contributed by atoms with Gasteiger partial charge >= 0.3 is 0 Å². The van der Waals surface area contributed by atoms with Crippen molar-refractivity contribution in [3.8, 4) is 11.1 Å². The van der Waals surface area contributed by atoms with Crippen molar-refractivity contribution < 1.29 is 9.59 Å². The number of nitrogens with one attached hydrogen (secondary N) is 1. The summed E-state index contributed by atoms with van der Waals surface area (Å²) < 4.78 is 0. The fourth-order valence-electron chi connectivity index (χ4n) is 2.84. The minimum atomic E-state index is -0.115. The zero-order valence-electron chi connectivity index (χ0n) is 13.0.